The number of nitrogens with two attached hydrogens (primary N) is 1. The van der Waals surface area contributed by atoms with Crippen LogP contribution in [-0.4, -0.2) is 42.5 Å². The van der Waals surface area contributed by atoms with Crippen molar-refractivity contribution in [3.63, 3.8) is 0 Å². The molecule has 4 heteroatoms. The molecule has 2 N–H and O–H groups in total. The standard InChI is InChI=1S/C17H23N3O/c18-17(15-5-2-1-3-6-15)14-20-10-8-19(9-11-20)13-16-7-4-12-21-16/h1-7,12,17H,8-11,13-14,18H2/t17-/m1/s1. The normalized spacial score (nSPS) is 18.7. The zero-order valence-electron chi connectivity index (χ0n) is 12.3. The van der Waals surface area contributed by atoms with E-state index in [1.54, 1.807) is 6.26 Å². The van der Waals surface area contributed by atoms with Gasteiger partial charge in [0.15, 0.2) is 0 Å². The van der Waals surface area contributed by atoms with Gasteiger partial charge in [0, 0.05) is 38.8 Å². The van der Waals surface area contributed by atoms with Crippen molar-refractivity contribution < 1.29 is 4.42 Å². The van der Waals surface area contributed by atoms with Crippen LogP contribution in [-0.2, 0) is 6.54 Å². The van der Waals surface area contributed by atoms with Crippen LogP contribution in [0.15, 0.2) is 53.1 Å². The van der Waals surface area contributed by atoms with Crippen molar-refractivity contribution in [3.8, 4) is 0 Å². The maximum Gasteiger partial charge on any atom is 0.117 e. The van der Waals surface area contributed by atoms with Crippen molar-refractivity contribution in [2.75, 3.05) is 32.7 Å². The molecule has 1 aliphatic rings. The zero-order chi connectivity index (χ0) is 14.5. The van der Waals surface area contributed by atoms with Crippen LogP contribution in [0.1, 0.15) is 17.4 Å². The van der Waals surface area contributed by atoms with E-state index in [0.717, 1.165) is 45.0 Å². The molecular weight excluding hydrogens is 262 g/mol. The van der Waals surface area contributed by atoms with Crippen molar-refractivity contribution in [3.05, 3.63) is 60.1 Å². The van der Waals surface area contributed by atoms with Crippen molar-refractivity contribution >= 4 is 0 Å². The van der Waals surface area contributed by atoms with Gasteiger partial charge in [0.2, 0.25) is 0 Å². The topological polar surface area (TPSA) is 45.6 Å². The Bertz CT molecular complexity index is 518. The highest BCUT2D eigenvalue weighted by atomic mass is 16.3. The first kappa shape index (κ1) is 14.3. The number of hydrogen-bond donors (Lipinski definition) is 1. The third-order valence-corrected chi connectivity index (χ3v) is 4.11. The molecule has 0 aliphatic carbocycles. The van der Waals surface area contributed by atoms with E-state index >= 15 is 0 Å². The summed E-state index contributed by atoms with van der Waals surface area (Å²) in [5.41, 5.74) is 7.52. The highest BCUT2D eigenvalue weighted by Gasteiger charge is 2.19. The van der Waals surface area contributed by atoms with Gasteiger partial charge in [-0.25, -0.2) is 0 Å². The fourth-order valence-corrected chi connectivity index (χ4v) is 2.84. The Labute approximate surface area is 126 Å². The van der Waals surface area contributed by atoms with Crippen LogP contribution >= 0.6 is 0 Å². The first-order valence-electron chi connectivity index (χ1n) is 7.59. The molecule has 1 saturated heterocycles. The highest BCUT2D eigenvalue weighted by Crippen LogP contribution is 2.14. The third-order valence-electron chi connectivity index (χ3n) is 4.11. The lowest BCUT2D eigenvalue weighted by molar-refractivity contribution is 0.116. The second-order valence-corrected chi connectivity index (χ2v) is 5.67. The van der Waals surface area contributed by atoms with Crippen molar-refractivity contribution in [1.82, 2.24) is 9.80 Å². The van der Waals surface area contributed by atoms with E-state index in [-0.39, 0.29) is 6.04 Å². The molecule has 1 aromatic carbocycles. The summed E-state index contributed by atoms with van der Waals surface area (Å²) in [5.74, 6) is 1.05. The molecule has 0 saturated carbocycles. The van der Waals surface area contributed by atoms with Gasteiger partial charge in [-0.05, 0) is 17.7 Å². The van der Waals surface area contributed by atoms with E-state index in [2.05, 4.69) is 34.1 Å². The molecule has 112 valence electrons. The smallest absolute Gasteiger partial charge is 0.117 e. The number of rotatable bonds is 5. The second kappa shape index (κ2) is 6.89. The Morgan fingerprint density at radius 2 is 1.67 bits per heavy atom. The van der Waals surface area contributed by atoms with Gasteiger partial charge in [-0.1, -0.05) is 30.3 Å². The minimum absolute atomic E-state index is 0.0998. The molecule has 3 rings (SSSR count). The first-order valence-corrected chi connectivity index (χ1v) is 7.59. The maximum atomic E-state index is 6.30. The summed E-state index contributed by atoms with van der Waals surface area (Å²) in [5, 5.41) is 0. The van der Waals surface area contributed by atoms with Gasteiger partial charge < -0.3 is 10.2 Å². The van der Waals surface area contributed by atoms with Crippen molar-refractivity contribution in [2.24, 2.45) is 5.73 Å². The van der Waals surface area contributed by atoms with Crippen LogP contribution in [0.5, 0.6) is 0 Å². The summed E-state index contributed by atoms with van der Waals surface area (Å²) < 4.78 is 5.41. The lowest BCUT2D eigenvalue weighted by atomic mass is 10.1. The molecule has 1 atom stereocenters. The Kier molecular flexibility index (Phi) is 4.70. The van der Waals surface area contributed by atoms with E-state index in [4.69, 9.17) is 10.2 Å². The number of hydrogen-bond acceptors (Lipinski definition) is 4. The summed E-state index contributed by atoms with van der Waals surface area (Å²) in [6.07, 6.45) is 1.74. The largest absolute Gasteiger partial charge is 0.468 e. The van der Waals surface area contributed by atoms with Crippen LogP contribution < -0.4 is 5.73 Å². The van der Waals surface area contributed by atoms with Gasteiger partial charge in [-0.15, -0.1) is 0 Å². The van der Waals surface area contributed by atoms with Gasteiger partial charge in [-0.3, -0.25) is 9.80 Å². The third kappa shape index (κ3) is 3.94. The summed E-state index contributed by atoms with van der Waals surface area (Å²) in [6.45, 7) is 6.12. The van der Waals surface area contributed by atoms with E-state index in [1.807, 2.05) is 18.2 Å². The van der Waals surface area contributed by atoms with E-state index < -0.39 is 0 Å². The van der Waals surface area contributed by atoms with Gasteiger partial charge in [0.05, 0.1) is 12.8 Å². The molecule has 1 fully saturated rings. The van der Waals surface area contributed by atoms with E-state index in [9.17, 15) is 0 Å². The molecule has 0 radical (unpaired) electrons. The van der Waals surface area contributed by atoms with Gasteiger partial charge in [0.1, 0.15) is 5.76 Å². The summed E-state index contributed by atoms with van der Waals surface area (Å²) in [6, 6.07) is 14.4. The number of piperazine rings is 1. The molecule has 1 aromatic heterocycles. The van der Waals surface area contributed by atoms with Gasteiger partial charge >= 0.3 is 0 Å². The molecule has 1 aliphatic heterocycles. The number of benzene rings is 1. The minimum Gasteiger partial charge on any atom is -0.468 e. The molecule has 4 nitrogen and oxygen atoms in total. The molecule has 0 unspecified atom stereocenters. The molecule has 0 amide bonds. The summed E-state index contributed by atoms with van der Waals surface area (Å²) in [4.78, 5) is 4.89. The van der Waals surface area contributed by atoms with Crippen LogP contribution in [0.2, 0.25) is 0 Å². The molecule has 2 heterocycles. The van der Waals surface area contributed by atoms with Gasteiger partial charge in [-0.2, -0.15) is 0 Å². The highest BCUT2D eigenvalue weighted by molar-refractivity contribution is 5.18. The molecule has 21 heavy (non-hydrogen) atoms. The maximum absolute atomic E-state index is 6.30. The lowest BCUT2D eigenvalue weighted by Gasteiger charge is -2.35. The lowest BCUT2D eigenvalue weighted by Crippen LogP contribution is -2.47. The average molecular weight is 285 g/mol. The predicted octanol–water partition coefficient (Wildman–Crippen LogP) is 2.10. The summed E-state index contributed by atoms with van der Waals surface area (Å²) >= 11 is 0. The number of nitrogens with zero attached hydrogens (tertiary/aromatic N) is 2. The SMILES string of the molecule is N[C@H](CN1CCN(Cc2ccco2)CC1)c1ccccc1. The second-order valence-electron chi connectivity index (χ2n) is 5.67. The Balaban J connectivity index is 1.45. The fourth-order valence-electron chi connectivity index (χ4n) is 2.84. The van der Waals surface area contributed by atoms with E-state index in [0.29, 0.717) is 0 Å². The number of furan rings is 1. The fraction of sp³-hybridized carbons (Fsp3) is 0.412. The minimum atomic E-state index is 0.0998. The van der Waals surface area contributed by atoms with Crippen molar-refractivity contribution in [1.29, 1.82) is 0 Å². The van der Waals surface area contributed by atoms with Crippen LogP contribution in [0.25, 0.3) is 0 Å². The van der Waals surface area contributed by atoms with Crippen molar-refractivity contribution in [2.45, 2.75) is 12.6 Å². The Morgan fingerprint density at radius 1 is 0.952 bits per heavy atom. The molecule has 0 spiro atoms. The monoisotopic (exact) mass is 285 g/mol. The van der Waals surface area contributed by atoms with Gasteiger partial charge in [0.25, 0.3) is 0 Å². The molecular formula is C17H23N3O. The average Bonchev–Trinajstić information content (AvgIpc) is 3.03. The molecule has 2 aromatic rings. The van der Waals surface area contributed by atoms with Crippen LogP contribution in [0.4, 0.5) is 0 Å². The molecule has 0 bridgehead atoms. The Morgan fingerprint density at radius 3 is 2.33 bits per heavy atom. The quantitative estimate of drug-likeness (QED) is 0.914. The van der Waals surface area contributed by atoms with E-state index in [1.165, 1.54) is 5.56 Å². The summed E-state index contributed by atoms with van der Waals surface area (Å²) in [7, 11) is 0. The Hall–Kier alpha value is -1.62. The first-order chi connectivity index (χ1) is 10.3. The predicted molar refractivity (Wildman–Crippen MR) is 83.8 cm³/mol. The van der Waals surface area contributed by atoms with Crippen LogP contribution in [0, 0.1) is 0 Å². The zero-order valence-corrected chi connectivity index (χ0v) is 12.3. The van der Waals surface area contributed by atoms with Crippen LogP contribution in [0.3, 0.4) is 0 Å².